The van der Waals surface area contributed by atoms with Crippen molar-refractivity contribution in [2.45, 2.75) is 50.5 Å². The molecular formula is C16H20Cl2O2. The zero-order valence-corrected chi connectivity index (χ0v) is 13.5. The van der Waals surface area contributed by atoms with Crippen LogP contribution in [0.5, 0.6) is 0 Å². The lowest BCUT2D eigenvalue weighted by Gasteiger charge is -2.31. The van der Waals surface area contributed by atoms with Crippen molar-refractivity contribution in [2.24, 2.45) is 11.3 Å². The lowest BCUT2D eigenvalue weighted by molar-refractivity contribution is -0.125. The molecule has 0 aromatic rings. The number of hydrogen-bond donors (Lipinski definition) is 0. The number of alkyl halides is 1. The van der Waals surface area contributed by atoms with Gasteiger partial charge in [-0.1, -0.05) is 48.5 Å². The lowest BCUT2D eigenvalue weighted by atomic mass is 9.72. The lowest BCUT2D eigenvalue weighted by Crippen LogP contribution is -2.31. The molecular weight excluding hydrogens is 295 g/mol. The molecule has 0 spiro atoms. The Morgan fingerprint density at radius 1 is 1.30 bits per heavy atom. The molecule has 1 fully saturated rings. The molecule has 3 aliphatic rings. The van der Waals surface area contributed by atoms with Crippen molar-refractivity contribution in [2.75, 3.05) is 7.11 Å². The number of ether oxygens (including phenoxy) is 1. The van der Waals surface area contributed by atoms with Crippen molar-refractivity contribution < 1.29 is 9.53 Å². The maximum atomic E-state index is 12.8. The summed E-state index contributed by atoms with van der Waals surface area (Å²) in [4.78, 5) is 12.8. The molecule has 2 atom stereocenters. The number of carbonyl (C=O) groups is 1. The van der Waals surface area contributed by atoms with Gasteiger partial charge in [0.25, 0.3) is 0 Å². The van der Waals surface area contributed by atoms with Crippen LogP contribution in [-0.2, 0) is 9.53 Å². The maximum absolute atomic E-state index is 12.8. The van der Waals surface area contributed by atoms with E-state index in [1.54, 1.807) is 13.2 Å². The van der Waals surface area contributed by atoms with Gasteiger partial charge in [-0.3, -0.25) is 4.79 Å². The van der Waals surface area contributed by atoms with Crippen LogP contribution in [0.15, 0.2) is 22.3 Å². The van der Waals surface area contributed by atoms with E-state index in [2.05, 4.69) is 6.92 Å². The summed E-state index contributed by atoms with van der Waals surface area (Å²) >= 11 is 12.6. The summed E-state index contributed by atoms with van der Waals surface area (Å²) in [6, 6.07) is 0. The first kappa shape index (κ1) is 14.6. The largest absolute Gasteiger partial charge is 0.357 e. The highest BCUT2D eigenvalue weighted by Gasteiger charge is 2.51. The Kier molecular flexibility index (Phi) is 3.55. The fraction of sp³-hybridized carbons (Fsp3) is 0.688. The van der Waals surface area contributed by atoms with E-state index in [0.717, 1.165) is 30.4 Å². The van der Waals surface area contributed by atoms with Crippen LogP contribution >= 0.6 is 23.2 Å². The van der Waals surface area contributed by atoms with Crippen molar-refractivity contribution >= 4 is 29.0 Å². The van der Waals surface area contributed by atoms with Crippen molar-refractivity contribution in [3.05, 3.63) is 22.3 Å². The number of methoxy groups -OCH3 is 1. The molecule has 0 saturated heterocycles. The minimum absolute atomic E-state index is 0.257. The second-order valence-corrected chi connectivity index (χ2v) is 7.54. The second kappa shape index (κ2) is 4.86. The van der Waals surface area contributed by atoms with Crippen LogP contribution in [0.1, 0.15) is 45.4 Å². The summed E-state index contributed by atoms with van der Waals surface area (Å²) in [5.41, 5.74) is 1.65. The Hall–Kier alpha value is -0.310. The van der Waals surface area contributed by atoms with Crippen LogP contribution in [0, 0.1) is 11.3 Å². The minimum atomic E-state index is -0.985. The van der Waals surface area contributed by atoms with E-state index in [-0.39, 0.29) is 11.2 Å². The summed E-state index contributed by atoms with van der Waals surface area (Å²) in [6.07, 6.45) is 7.87. The van der Waals surface area contributed by atoms with Crippen LogP contribution in [0.4, 0.5) is 0 Å². The Labute approximate surface area is 130 Å². The van der Waals surface area contributed by atoms with E-state index in [1.165, 1.54) is 12.8 Å². The number of allylic oxidation sites excluding steroid dienone is 2. The van der Waals surface area contributed by atoms with Crippen molar-refractivity contribution in [3.63, 3.8) is 0 Å². The highest BCUT2D eigenvalue weighted by molar-refractivity contribution is 6.39. The molecule has 3 rings (SSSR count). The zero-order valence-electron chi connectivity index (χ0n) is 12.0. The molecule has 0 N–H and O–H groups in total. The van der Waals surface area contributed by atoms with Gasteiger partial charge in [-0.2, -0.15) is 0 Å². The van der Waals surface area contributed by atoms with Gasteiger partial charge < -0.3 is 4.74 Å². The number of rotatable bonds is 2. The van der Waals surface area contributed by atoms with Crippen molar-refractivity contribution in [1.29, 1.82) is 0 Å². The molecule has 0 aromatic heterocycles. The Morgan fingerprint density at radius 2 is 1.95 bits per heavy atom. The van der Waals surface area contributed by atoms with Crippen molar-refractivity contribution in [3.8, 4) is 0 Å². The Morgan fingerprint density at radius 3 is 2.55 bits per heavy atom. The fourth-order valence-corrected chi connectivity index (χ4v) is 4.54. The molecule has 2 unspecified atom stereocenters. The molecule has 2 nitrogen and oxygen atoms in total. The predicted molar refractivity (Wildman–Crippen MR) is 80.9 cm³/mol. The minimum Gasteiger partial charge on any atom is -0.357 e. The van der Waals surface area contributed by atoms with Crippen LogP contribution in [0.2, 0.25) is 0 Å². The van der Waals surface area contributed by atoms with Crippen LogP contribution in [0.3, 0.4) is 0 Å². The van der Waals surface area contributed by atoms with Gasteiger partial charge in [0.2, 0.25) is 0 Å². The van der Waals surface area contributed by atoms with E-state index < -0.39 is 5.06 Å². The molecule has 0 aromatic carbocycles. The van der Waals surface area contributed by atoms with E-state index in [9.17, 15) is 4.79 Å². The average molecular weight is 315 g/mol. The van der Waals surface area contributed by atoms with Crippen LogP contribution in [-0.4, -0.2) is 18.0 Å². The molecule has 0 aliphatic heterocycles. The molecule has 1 saturated carbocycles. The quantitative estimate of drug-likeness (QED) is 0.698. The van der Waals surface area contributed by atoms with E-state index in [1.807, 2.05) is 0 Å². The highest BCUT2D eigenvalue weighted by Crippen LogP contribution is 2.55. The van der Waals surface area contributed by atoms with Gasteiger partial charge in [0, 0.05) is 24.5 Å². The summed E-state index contributed by atoms with van der Waals surface area (Å²) in [7, 11) is 1.56. The number of carbonyl (C=O) groups excluding carboxylic acids is 1. The fourth-order valence-electron chi connectivity index (χ4n) is 4.07. The first-order valence-corrected chi connectivity index (χ1v) is 8.05. The van der Waals surface area contributed by atoms with E-state index in [4.69, 9.17) is 27.9 Å². The van der Waals surface area contributed by atoms with Gasteiger partial charge in [0.05, 0.1) is 5.03 Å². The second-order valence-electron chi connectivity index (χ2n) is 6.52. The maximum Gasteiger partial charge on any atom is 0.181 e. The normalized spacial score (nSPS) is 38.4. The SMILES string of the molecule is COC1(Cl)CC2=C(C=C1Cl)C(=O)C(C)(C1CCCC1)C2. The van der Waals surface area contributed by atoms with Gasteiger partial charge in [-0.25, -0.2) is 0 Å². The molecule has 0 bridgehead atoms. The van der Waals surface area contributed by atoms with Gasteiger partial charge >= 0.3 is 0 Å². The molecule has 20 heavy (non-hydrogen) atoms. The molecule has 3 aliphatic carbocycles. The summed E-state index contributed by atoms with van der Waals surface area (Å²) in [5, 5.41) is -0.564. The third kappa shape index (κ3) is 2.00. The molecule has 110 valence electrons. The predicted octanol–water partition coefficient (Wildman–Crippen LogP) is 4.56. The monoisotopic (exact) mass is 314 g/mol. The number of halogens is 2. The molecule has 0 heterocycles. The van der Waals surface area contributed by atoms with E-state index in [0.29, 0.717) is 17.4 Å². The van der Waals surface area contributed by atoms with Gasteiger partial charge in [-0.15, -0.1) is 0 Å². The molecule has 4 heteroatoms. The first-order valence-electron chi connectivity index (χ1n) is 7.29. The van der Waals surface area contributed by atoms with Crippen molar-refractivity contribution in [1.82, 2.24) is 0 Å². The number of hydrogen-bond acceptors (Lipinski definition) is 2. The summed E-state index contributed by atoms with van der Waals surface area (Å²) < 4.78 is 5.35. The Bertz CT molecular complexity index is 517. The smallest absolute Gasteiger partial charge is 0.181 e. The topological polar surface area (TPSA) is 26.3 Å². The number of Topliss-reactive ketones (excluding diaryl/α,β-unsaturated/α-hetero) is 1. The van der Waals surface area contributed by atoms with Gasteiger partial charge in [0.15, 0.2) is 10.8 Å². The van der Waals surface area contributed by atoms with Crippen LogP contribution in [0.25, 0.3) is 0 Å². The average Bonchev–Trinajstić information content (AvgIpc) is 3.02. The van der Waals surface area contributed by atoms with E-state index >= 15 is 0 Å². The van der Waals surface area contributed by atoms with Crippen LogP contribution < -0.4 is 0 Å². The van der Waals surface area contributed by atoms with Gasteiger partial charge in [-0.05, 0) is 31.3 Å². The highest BCUT2D eigenvalue weighted by atomic mass is 35.5. The summed E-state index contributed by atoms with van der Waals surface area (Å²) in [5.74, 6) is 0.757. The Balaban J connectivity index is 1.92. The summed E-state index contributed by atoms with van der Waals surface area (Å²) in [6.45, 7) is 2.12. The standard InChI is InChI=1S/C16H20Cl2O2/c1-15(11-5-3-4-6-11)8-10-9-16(18,20-2)13(17)7-12(10)14(15)19/h7,11H,3-6,8-9H2,1-2H3. The molecule has 0 amide bonds. The van der Waals surface area contributed by atoms with Gasteiger partial charge in [0.1, 0.15) is 0 Å². The zero-order chi connectivity index (χ0) is 14.5. The number of ketones is 1. The third-order valence-electron chi connectivity index (χ3n) is 5.37. The third-order valence-corrected chi connectivity index (χ3v) is 6.38. The first-order chi connectivity index (χ1) is 9.40. The molecule has 0 radical (unpaired) electrons.